The van der Waals surface area contributed by atoms with Crippen LogP contribution >= 0.6 is 0 Å². The number of benzene rings is 2. The molecule has 1 atom stereocenters. The maximum absolute atomic E-state index is 13.1. The lowest BCUT2D eigenvalue weighted by molar-refractivity contribution is -0.150. The molecule has 1 aliphatic heterocycles. The summed E-state index contributed by atoms with van der Waals surface area (Å²) in [7, 11) is 1.63. The Bertz CT molecular complexity index is 1270. The molecule has 1 aliphatic rings. The predicted molar refractivity (Wildman–Crippen MR) is 125 cm³/mol. The highest BCUT2D eigenvalue weighted by atomic mass is 16.6. The molecule has 3 aromatic rings. The Balaban J connectivity index is 1.68. The fourth-order valence-electron chi connectivity index (χ4n) is 3.94. The molecule has 4 rings (SSSR count). The van der Waals surface area contributed by atoms with E-state index in [1.165, 1.54) is 0 Å². The zero-order chi connectivity index (χ0) is 23.7. The van der Waals surface area contributed by atoms with E-state index in [0.29, 0.717) is 22.6 Å². The highest BCUT2D eigenvalue weighted by Gasteiger charge is 2.31. The van der Waals surface area contributed by atoms with Gasteiger partial charge in [0.05, 0.1) is 19.3 Å². The number of methoxy groups -OCH3 is 1. The summed E-state index contributed by atoms with van der Waals surface area (Å²) in [5.41, 5.74) is 3.03. The minimum absolute atomic E-state index is 0.196. The fraction of sp³-hybridized carbons (Fsp3) is 0.308. The molecule has 7 heteroatoms. The zero-order valence-electron chi connectivity index (χ0n) is 19.4. The number of hydrogen-bond acceptors (Lipinski definition) is 6. The average molecular weight is 450 g/mol. The van der Waals surface area contributed by atoms with Gasteiger partial charge in [0.25, 0.3) is 0 Å². The monoisotopic (exact) mass is 449 g/mol. The standard InChI is InChI=1S/C26H27NO6/c1-6-27-14-17(20-13-18(30-5)8-10-21(20)27)12-23-24(28)19-9-11-22(15(3)25(19)33-23)32-16(4)26(29)31-7-2/h8-14,16H,6-7H2,1-5H3/b23-12-. The molecule has 1 unspecified atom stereocenters. The highest BCUT2D eigenvalue weighted by molar-refractivity contribution is 6.15. The van der Waals surface area contributed by atoms with E-state index in [9.17, 15) is 9.59 Å². The molecule has 1 aromatic heterocycles. The van der Waals surface area contributed by atoms with E-state index in [4.69, 9.17) is 18.9 Å². The fourth-order valence-corrected chi connectivity index (χ4v) is 3.94. The Morgan fingerprint density at radius 1 is 1.21 bits per heavy atom. The second-order valence-electron chi connectivity index (χ2n) is 7.77. The number of ketones is 1. The van der Waals surface area contributed by atoms with Crippen molar-refractivity contribution in [3.8, 4) is 17.2 Å². The van der Waals surface area contributed by atoms with E-state index in [1.54, 1.807) is 46.1 Å². The van der Waals surface area contributed by atoms with Gasteiger partial charge in [-0.05, 0) is 64.1 Å². The molecule has 172 valence electrons. The van der Waals surface area contributed by atoms with E-state index in [0.717, 1.165) is 28.8 Å². The zero-order valence-corrected chi connectivity index (χ0v) is 19.4. The van der Waals surface area contributed by atoms with Crippen LogP contribution in [-0.4, -0.2) is 36.1 Å². The molecular formula is C26H27NO6. The molecule has 0 radical (unpaired) electrons. The first kappa shape index (κ1) is 22.5. The number of allylic oxidation sites excluding steroid dienone is 1. The predicted octanol–water partition coefficient (Wildman–Crippen LogP) is 4.92. The Morgan fingerprint density at radius 3 is 2.70 bits per heavy atom. The third-order valence-electron chi connectivity index (χ3n) is 5.71. The third kappa shape index (κ3) is 4.06. The van der Waals surface area contributed by atoms with Gasteiger partial charge >= 0.3 is 5.97 Å². The number of Topliss-reactive ketones (excluding diaryl/α,β-unsaturated/α-hetero) is 1. The van der Waals surface area contributed by atoms with E-state index in [1.807, 2.05) is 24.4 Å². The minimum atomic E-state index is -0.774. The summed E-state index contributed by atoms with van der Waals surface area (Å²) in [6.45, 7) is 8.31. The van der Waals surface area contributed by atoms with Crippen LogP contribution in [0.3, 0.4) is 0 Å². The van der Waals surface area contributed by atoms with Crippen molar-refractivity contribution in [3.63, 3.8) is 0 Å². The van der Waals surface area contributed by atoms with Crippen LogP contribution in [0.15, 0.2) is 42.3 Å². The van der Waals surface area contributed by atoms with Crippen molar-refractivity contribution >= 4 is 28.7 Å². The number of carbonyl (C=O) groups excluding carboxylic acids is 2. The van der Waals surface area contributed by atoms with Gasteiger partial charge in [-0.1, -0.05) is 0 Å². The maximum Gasteiger partial charge on any atom is 0.347 e. The summed E-state index contributed by atoms with van der Waals surface area (Å²) in [5.74, 6) is 1.25. The smallest absolute Gasteiger partial charge is 0.347 e. The number of fused-ring (bicyclic) bond motifs is 2. The second kappa shape index (κ2) is 9.02. The van der Waals surface area contributed by atoms with Crippen molar-refractivity contribution in [1.29, 1.82) is 0 Å². The highest BCUT2D eigenvalue weighted by Crippen LogP contribution is 2.40. The molecule has 7 nitrogen and oxygen atoms in total. The minimum Gasteiger partial charge on any atom is -0.497 e. The number of ether oxygens (including phenoxy) is 4. The summed E-state index contributed by atoms with van der Waals surface area (Å²) in [6.07, 6.45) is 2.99. The van der Waals surface area contributed by atoms with Crippen LogP contribution in [0.25, 0.3) is 17.0 Å². The SMILES string of the molecule is CCOC(=O)C(C)Oc1ccc2c(c1C)O/C(=C\c1cn(CC)c3ccc(OC)cc13)C2=O. The number of rotatable bonds is 7. The number of carbonyl (C=O) groups is 2. The van der Waals surface area contributed by atoms with Gasteiger partial charge in [0, 0.05) is 34.8 Å². The van der Waals surface area contributed by atoms with Crippen LogP contribution in [0.2, 0.25) is 0 Å². The van der Waals surface area contributed by atoms with Crippen molar-refractivity contribution < 1.29 is 28.5 Å². The Kier molecular flexibility index (Phi) is 6.14. The number of hydrogen-bond donors (Lipinski definition) is 0. The van der Waals surface area contributed by atoms with Crippen molar-refractivity contribution in [1.82, 2.24) is 4.57 Å². The molecule has 0 aliphatic carbocycles. The van der Waals surface area contributed by atoms with Crippen LogP contribution in [0.4, 0.5) is 0 Å². The Hall–Kier alpha value is -3.74. The summed E-state index contributed by atoms with van der Waals surface area (Å²) in [5, 5.41) is 0.972. The molecule has 0 N–H and O–H groups in total. The summed E-state index contributed by atoms with van der Waals surface area (Å²) < 4.78 is 24.3. The molecular weight excluding hydrogens is 422 g/mol. The van der Waals surface area contributed by atoms with E-state index in [2.05, 4.69) is 11.5 Å². The lowest BCUT2D eigenvalue weighted by Crippen LogP contribution is -2.26. The third-order valence-corrected chi connectivity index (χ3v) is 5.71. The molecule has 0 amide bonds. The first-order chi connectivity index (χ1) is 15.9. The molecule has 2 aromatic carbocycles. The number of aryl methyl sites for hydroxylation is 1. The van der Waals surface area contributed by atoms with Gasteiger partial charge in [-0.25, -0.2) is 4.79 Å². The van der Waals surface area contributed by atoms with Gasteiger partial charge in [0.2, 0.25) is 5.78 Å². The lowest BCUT2D eigenvalue weighted by atomic mass is 10.1. The Morgan fingerprint density at radius 2 is 2.00 bits per heavy atom. The van der Waals surface area contributed by atoms with E-state index in [-0.39, 0.29) is 18.1 Å². The summed E-state index contributed by atoms with van der Waals surface area (Å²) in [4.78, 5) is 25.0. The Labute approximate surface area is 192 Å². The number of aromatic nitrogens is 1. The van der Waals surface area contributed by atoms with Gasteiger partial charge in [-0.3, -0.25) is 4.79 Å². The van der Waals surface area contributed by atoms with Gasteiger partial charge < -0.3 is 23.5 Å². The quantitative estimate of drug-likeness (QED) is 0.376. The van der Waals surface area contributed by atoms with Crippen molar-refractivity contribution in [2.75, 3.05) is 13.7 Å². The number of nitrogens with zero attached hydrogens (tertiary/aromatic N) is 1. The molecule has 2 heterocycles. The van der Waals surface area contributed by atoms with Crippen molar-refractivity contribution in [2.45, 2.75) is 40.3 Å². The van der Waals surface area contributed by atoms with Crippen LogP contribution in [0.1, 0.15) is 42.3 Å². The average Bonchev–Trinajstić information content (AvgIpc) is 3.33. The van der Waals surface area contributed by atoms with Gasteiger partial charge in [-0.2, -0.15) is 0 Å². The molecule has 0 bridgehead atoms. The first-order valence-corrected chi connectivity index (χ1v) is 11.0. The van der Waals surface area contributed by atoms with E-state index < -0.39 is 12.1 Å². The summed E-state index contributed by atoms with van der Waals surface area (Å²) in [6, 6.07) is 9.22. The maximum atomic E-state index is 13.1. The lowest BCUT2D eigenvalue weighted by Gasteiger charge is -2.16. The normalized spacial score (nSPS) is 14.8. The van der Waals surface area contributed by atoms with Gasteiger partial charge in [0.15, 0.2) is 11.9 Å². The second-order valence-corrected chi connectivity index (χ2v) is 7.77. The van der Waals surface area contributed by atoms with Crippen molar-refractivity contribution in [3.05, 3.63) is 59.0 Å². The largest absolute Gasteiger partial charge is 0.497 e. The molecule has 0 saturated carbocycles. The van der Waals surface area contributed by atoms with Gasteiger partial charge in [-0.15, -0.1) is 0 Å². The first-order valence-electron chi connectivity index (χ1n) is 11.0. The number of esters is 1. The van der Waals surface area contributed by atoms with Gasteiger partial charge in [0.1, 0.15) is 17.2 Å². The topological polar surface area (TPSA) is 76.0 Å². The van der Waals surface area contributed by atoms with Crippen LogP contribution in [0.5, 0.6) is 17.2 Å². The van der Waals surface area contributed by atoms with Crippen LogP contribution in [0, 0.1) is 6.92 Å². The molecule has 0 spiro atoms. The van der Waals surface area contributed by atoms with Crippen molar-refractivity contribution in [2.24, 2.45) is 0 Å². The molecule has 0 saturated heterocycles. The van der Waals surface area contributed by atoms with Crippen LogP contribution in [-0.2, 0) is 16.1 Å². The molecule has 0 fully saturated rings. The van der Waals surface area contributed by atoms with E-state index >= 15 is 0 Å². The molecule has 33 heavy (non-hydrogen) atoms. The summed E-state index contributed by atoms with van der Waals surface area (Å²) >= 11 is 0. The van der Waals surface area contributed by atoms with Crippen LogP contribution < -0.4 is 14.2 Å².